The third kappa shape index (κ3) is 4.52. The maximum Gasteiger partial charge on any atom is 0.354 e. The van der Waals surface area contributed by atoms with Crippen molar-refractivity contribution in [3.8, 4) is 11.1 Å². The number of aromatic nitrogens is 2. The van der Waals surface area contributed by atoms with E-state index in [9.17, 15) is 23.5 Å². The monoisotopic (exact) mass is 529 g/mol. The maximum absolute atomic E-state index is 12.8. The van der Waals surface area contributed by atoms with Gasteiger partial charge in [0.25, 0.3) is 11.3 Å². The molecule has 9 heteroatoms. The van der Waals surface area contributed by atoms with Gasteiger partial charge in [0.2, 0.25) is 5.91 Å². The molecule has 1 amide bonds. The summed E-state index contributed by atoms with van der Waals surface area (Å²) in [5.74, 6) is -1.23. The first-order valence-electron chi connectivity index (χ1n) is 12.7. The van der Waals surface area contributed by atoms with Crippen LogP contribution in [0.15, 0.2) is 60.7 Å². The van der Waals surface area contributed by atoms with Crippen LogP contribution in [0.5, 0.6) is 0 Å². The lowest BCUT2D eigenvalue weighted by Gasteiger charge is -2.21. The van der Waals surface area contributed by atoms with E-state index < -0.39 is 17.2 Å². The third-order valence-corrected chi connectivity index (χ3v) is 8.17. The highest BCUT2D eigenvalue weighted by Gasteiger charge is 2.37. The molecule has 2 unspecified atom stereocenters. The molecule has 2 aliphatic rings. The van der Waals surface area contributed by atoms with Crippen LogP contribution in [0.4, 0.5) is 5.69 Å². The van der Waals surface area contributed by atoms with Gasteiger partial charge in [0.15, 0.2) is 5.69 Å². The van der Waals surface area contributed by atoms with Crippen LogP contribution in [-0.2, 0) is 16.1 Å². The Hall–Kier alpha value is -3.82. The smallest absolute Gasteiger partial charge is 0.354 e. The van der Waals surface area contributed by atoms with Crippen LogP contribution in [-0.4, -0.2) is 35.7 Å². The molecule has 2 heterocycles. The SMILES string of the molecule is CC(c1ccc(-c2ccccc2N(C(=O)C2CC2)S(=O)O)cc1)c1cc(C(=O)O)nc2[nH]c(C3CC3)cc12. The molecule has 0 saturated heterocycles. The minimum absolute atomic E-state index is 0.00604. The molecular formula is C29H27N3O5S. The number of carboxylic acid groups (broad SMARTS) is 1. The number of carbonyl (C=O) groups is 2. The number of pyridine rings is 1. The zero-order chi connectivity index (χ0) is 26.6. The van der Waals surface area contributed by atoms with Crippen molar-refractivity contribution < 1.29 is 23.5 Å². The number of carboxylic acids is 1. The molecule has 3 N–H and O–H groups in total. The highest BCUT2D eigenvalue weighted by atomic mass is 32.2. The lowest BCUT2D eigenvalue weighted by molar-refractivity contribution is -0.118. The van der Waals surface area contributed by atoms with E-state index in [1.807, 2.05) is 43.3 Å². The minimum Gasteiger partial charge on any atom is -0.477 e. The summed E-state index contributed by atoms with van der Waals surface area (Å²) in [4.78, 5) is 32.2. The number of para-hydroxylation sites is 1. The van der Waals surface area contributed by atoms with Gasteiger partial charge < -0.3 is 10.1 Å². The van der Waals surface area contributed by atoms with Crippen molar-refractivity contribution in [1.82, 2.24) is 9.97 Å². The van der Waals surface area contributed by atoms with Gasteiger partial charge in [-0.25, -0.2) is 18.3 Å². The highest BCUT2D eigenvalue weighted by Crippen LogP contribution is 2.42. The fraction of sp³-hybridized carbons (Fsp3) is 0.276. The Kier molecular flexibility index (Phi) is 6.12. The fourth-order valence-corrected chi connectivity index (χ4v) is 5.66. The zero-order valence-corrected chi connectivity index (χ0v) is 21.6. The predicted octanol–water partition coefficient (Wildman–Crippen LogP) is 5.84. The number of hydrogen-bond acceptors (Lipinski definition) is 4. The summed E-state index contributed by atoms with van der Waals surface area (Å²) in [5, 5.41) is 10.6. The molecule has 8 nitrogen and oxygen atoms in total. The standard InChI is InChI=1S/C29H27N3O5S/c1-16(22-14-25(29(34)35)31-27-23(22)15-24(30-27)19-10-11-19)17-6-8-18(9-7-17)21-4-2-3-5-26(21)32(38(36)37)28(33)20-12-13-20/h2-9,14-16,19-20H,10-13H2,1H3,(H,30,31)(H,34,35)(H,36,37). The van der Waals surface area contributed by atoms with Gasteiger partial charge in [-0.3, -0.25) is 9.35 Å². The Morgan fingerprint density at radius 3 is 2.39 bits per heavy atom. The fourth-order valence-electron chi connectivity index (χ4n) is 5.03. The highest BCUT2D eigenvalue weighted by molar-refractivity contribution is 7.81. The predicted molar refractivity (Wildman–Crippen MR) is 145 cm³/mol. The number of nitrogens with zero attached hydrogens (tertiary/aromatic N) is 2. The molecule has 2 saturated carbocycles. The molecule has 6 rings (SSSR count). The van der Waals surface area contributed by atoms with E-state index in [4.69, 9.17) is 0 Å². The summed E-state index contributed by atoms with van der Waals surface area (Å²) in [5.41, 5.74) is 5.46. The number of rotatable bonds is 8. The van der Waals surface area contributed by atoms with Gasteiger partial charge >= 0.3 is 5.97 Å². The van der Waals surface area contributed by atoms with Crippen molar-refractivity contribution in [2.75, 3.05) is 4.31 Å². The van der Waals surface area contributed by atoms with Crippen molar-refractivity contribution in [3.63, 3.8) is 0 Å². The van der Waals surface area contributed by atoms with Crippen molar-refractivity contribution >= 4 is 39.9 Å². The van der Waals surface area contributed by atoms with E-state index in [2.05, 4.69) is 16.0 Å². The molecule has 4 aromatic rings. The third-order valence-electron chi connectivity index (χ3n) is 7.48. The van der Waals surface area contributed by atoms with Gasteiger partial charge in [0.05, 0.1) is 5.69 Å². The second-order valence-electron chi connectivity index (χ2n) is 10.2. The number of aromatic amines is 1. The molecule has 38 heavy (non-hydrogen) atoms. The van der Waals surface area contributed by atoms with Crippen LogP contribution in [0, 0.1) is 5.92 Å². The quantitative estimate of drug-likeness (QED) is 0.247. The molecule has 2 aromatic heterocycles. The van der Waals surface area contributed by atoms with Crippen LogP contribution < -0.4 is 4.31 Å². The molecule has 2 aliphatic carbocycles. The topological polar surface area (TPSA) is 124 Å². The summed E-state index contributed by atoms with van der Waals surface area (Å²) in [6.45, 7) is 2.04. The number of aromatic carboxylic acids is 1. The number of anilines is 1. The first-order chi connectivity index (χ1) is 18.3. The molecule has 0 bridgehead atoms. The summed E-state index contributed by atoms with van der Waals surface area (Å²) < 4.78 is 23.1. The van der Waals surface area contributed by atoms with Crippen LogP contribution in [0.25, 0.3) is 22.2 Å². The van der Waals surface area contributed by atoms with Crippen molar-refractivity contribution in [1.29, 1.82) is 0 Å². The second kappa shape index (κ2) is 9.49. The number of amides is 1. The van der Waals surface area contributed by atoms with Gasteiger partial charge in [0, 0.05) is 28.5 Å². The zero-order valence-electron chi connectivity index (χ0n) is 20.8. The Bertz CT molecular complexity index is 1590. The van der Waals surface area contributed by atoms with Crippen molar-refractivity contribution in [2.45, 2.75) is 44.4 Å². The van der Waals surface area contributed by atoms with Gasteiger partial charge in [-0.15, -0.1) is 0 Å². The van der Waals surface area contributed by atoms with E-state index in [0.29, 0.717) is 22.8 Å². The van der Waals surface area contributed by atoms with Gasteiger partial charge in [-0.1, -0.05) is 49.4 Å². The van der Waals surface area contributed by atoms with Gasteiger partial charge in [0.1, 0.15) is 5.65 Å². The minimum atomic E-state index is -2.48. The van der Waals surface area contributed by atoms with Crippen LogP contribution in [0.3, 0.4) is 0 Å². The molecule has 2 fully saturated rings. The Morgan fingerprint density at radius 1 is 1.05 bits per heavy atom. The van der Waals surface area contributed by atoms with E-state index in [1.54, 1.807) is 18.2 Å². The molecule has 194 valence electrons. The molecule has 0 radical (unpaired) electrons. The lowest BCUT2D eigenvalue weighted by atomic mass is 9.90. The number of H-pyrrole nitrogens is 1. The molecule has 2 aromatic carbocycles. The van der Waals surface area contributed by atoms with Gasteiger partial charge in [-0.05, 0) is 66.5 Å². The van der Waals surface area contributed by atoms with E-state index in [1.165, 1.54) is 0 Å². The number of carbonyl (C=O) groups excluding carboxylic acids is 1. The lowest BCUT2D eigenvalue weighted by Crippen LogP contribution is -2.34. The van der Waals surface area contributed by atoms with Crippen LogP contribution >= 0.6 is 0 Å². The average Bonchev–Trinajstić information content (AvgIpc) is 3.85. The average molecular weight is 530 g/mol. The summed E-state index contributed by atoms with van der Waals surface area (Å²) in [7, 11) is 0. The Morgan fingerprint density at radius 2 is 1.76 bits per heavy atom. The van der Waals surface area contributed by atoms with Crippen molar-refractivity contribution in [2.24, 2.45) is 5.92 Å². The second-order valence-corrected chi connectivity index (χ2v) is 11.0. The largest absolute Gasteiger partial charge is 0.477 e. The Balaban J connectivity index is 1.36. The van der Waals surface area contributed by atoms with E-state index in [-0.39, 0.29) is 23.4 Å². The van der Waals surface area contributed by atoms with Crippen molar-refractivity contribution in [3.05, 3.63) is 83.2 Å². The van der Waals surface area contributed by atoms with E-state index in [0.717, 1.165) is 57.8 Å². The maximum atomic E-state index is 12.8. The van der Waals surface area contributed by atoms with Crippen LogP contribution in [0.2, 0.25) is 0 Å². The van der Waals surface area contributed by atoms with Crippen LogP contribution in [0.1, 0.15) is 71.8 Å². The number of nitrogens with one attached hydrogen (secondary N) is 1. The summed E-state index contributed by atoms with van der Waals surface area (Å²) in [6.07, 6.45) is 3.72. The molecule has 0 aliphatic heterocycles. The number of fused-ring (bicyclic) bond motifs is 1. The van der Waals surface area contributed by atoms with E-state index >= 15 is 0 Å². The first-order valence-corrected chi connectivity index (χ1v) is 13.8. The number of hydrogen-bond donors (Lipinski definition) is 3. The number of benzene rings is 2. The Labute approximate surface area is 222 Å². The van der Waals surface area contributed by atoms with Gasteiger partial charge in [-0.2, -0.15) is 0 Å². The molecule has 0 spiro atoms. The molecular weight excluding hydrogens is 502 g/mol. The summed E-state index contributed by atoms with van der Waals surface area (Å²) >= 11 is -2.48. The summed E-state index contributed by atoms with van der Waals surface area (Å²) in [6, 6.07) is 18.6. The first kappa shape index (κ1) is 24.5. The normalized spacial score (nSPS) is 16.8. The molecule has 2 atom stereocenters.